The summed E-state index contributed by atoms with van der Waals surface area (Å²) in [5, 5.41) is 15.1. The first kappa shape index (κ1) is 25.7. The van der Waals surface area contributed by atoms with Crippen molar-refractivity contribution in [1.82, 2.24) is 5.32 Å². The van der Waals surface area contributed by atoms with E-state index in [1.54, 1.807) is 0 Å². The van der Waals surface area contributed by atoms with E-state index in [9.17, 15) is 14.7 Å². The second-order valence-corrected chi connectivity index (χ2v) is 13.0. The second-order valence-electron chi connectivity index (χ2n) is 11.8. The van der Waals surface area contributed by atoms with E-state index in [4.69, 9.17) is 4.74 Å². The minimum absolute atomic E-state index is 0.0602. The van der Waals surface area contributed by atoms with Crippen molar-refractivity contribution < 1.29 is 19.4 Å². The molecule has 0 radical (unpaired) electrons. The van der Waals surface area contributed by atoms with E-state index in [-0.39, 0.29) is 52.3 Å². The predicted octanol–water partition coefficient (Wildman–Crippen LogP) is 4.83. The minimum atomic E-state index is -1.02. The van der Waals surface area contributed by atoms with E-state index in [1.165, 1.54) is 12.5 Å². The average Bonchev–Trinajstić information content (AvgIpc) is 3.24. The number of allylic oxidation sites excluding steroid dienone is 1. The van der Waals surface area contributed by atoms with Gasteiger partial charge in [0.15, 0.2) is 0 Å². The first-order chi connectivity index (χ1) is 17.1. The smallest absolute Gasteiger partial charge is 0.302 e. The van der Waals surface area contributed by atoms with E-state index in [1.807, 2.05) is 18.2 Å². The molecule has 11 atom stereocenters. The number of carbonyl (C=O) groups is 2. The highest BCUT2D eigenvalue weighted by atomic mass is 79.9. The van der Waals surface area contributed by atoms with Crippen LogP contribution in [0, 0.1) is 40.9 Å². The third-order valence-corrected chi connectivity index (χ3v) is 10.5. The number of nitrogens with one attached hydrogen (secondary N) is 1. The summed E-state index contributed by atoms with van der Waals surface area (Å²) < 4.78 is 6.17. The van der Waals surface area contributed by atoms with Crippen molar-refractivity contribution in [3.8, 4) is 0 Å². The molecule has 5 nitrogen and oxygen atoms in total. The lowest BCUT2D eigenvalue weighted by molar-refractivity contribution is -0.168. The number of aliphatic hydroxyl groups excluding tert-OH is 1. The van der Waals surface area contributed by atoms with Crippen LogP contribution in [0.4, 0.5) is 0 Å². The summed E-state index contributed by atoms with van der Waals surface area (Å²) in [5.74, 6) is -0.863. The number of esters is 1. The summed E-state index contributed by atoms with van der Waals surface area (Å²) in [6, 6.07) is 10.1. The van der Waals surface area contributed by atoms with Crippen molar-refractivity contribution in [2.45, 2.75) is 70.0 Å². The van der Waals surface area contributed by atoms with Crippen LogP contribution in [0.5, 0.6) is 0 Å². The molecule has 1 aromatic carbocycles. The van der Waals surface area contributed by atoms with Crippen LogP contribution in [-0.4, -0.2) is 40.1 Å². The Kier molecular flexibility index (Phi) is 6.74. The summed E-state index contributed by atoms with van der Waals surface area (Å²) in [6.07, 6.45) is 3.35. The van der Waals surface area contributed by atoms with Gasteiger partial charge in [0, 0.05) is 35.5 Å². The molecule has 0 bridgehead atoms. The van der Waals surface area contributed by atoms with Gasteiger partial charge in [0.25, 0.3) is 0 Å². The fraction of sp³-hybridized carbons (Fsp3) is 0.600. The highest BCUT2D eigenvalue weighted by Crippen LogP contribution is 2.68. The number of rotatable bonds is 3. The van der Waals surface area contributed by atoms with Gasteiger partial charge in [-0.2, -0.15) is 0 Å². The monoisotopic (exact) mass is 555 g/mol. The maximum Gasteiger partial charge on any atom is 0.302 e. The Morgan fingerprint density at radius 3 is 2.61 bits per heavy atom. The summed E-state index contributed by atoms with van der Waals surface area (Å²) in [6.45, 7) is 12.2. The quantitative estimate of drug-likeness (QED) is 0.318. The minimum Gasteiger partial charge on any atom is -0.461 e. The number of halogens is 1. The normalized spacial score (nSPS) is 45.3. The Bertz CT molecular complexity index is 1090. The topological polar surface area (TPSA) is 75.6 Å². The SMILES string of the molecule is C=C1[C@@H](C)[C@H]2[C@H](Cc3ccccc3)NC(=O)[C@@]23[C@@H]([C@@H]2[C@H](/C=C(/C)C[C@@H](C)C[C@H]2Br)[C@H]3OC(C)=O)[C@@H]1O. The summed E-state index contributed by atoms with van der Waals surface area (Å²) >= 11 is 4.00. The molecule has 1 saturated heterocycles. The molecular formula is C30H38BrNO4. The number of fused-ring (bicyclic) bond motifs is 2. The molecule has 5 rings (SSSR count). The number of hydrogen-bond donors (Lipinski definition) is 2. The van der Waals surface area contributed by atoms with Crippen molar-refractivity contribution in [1.29, 1.82) is 0 Å². The third kappa shape index (κ3) is 3.82. The van der Waals surface area contributed by atoms with Gasteiger partial charge in [-0.05, 0) is 55.1 Å². The van der Waals surface area contributed by atoms with E-state index >= 15 is 0 Å². The molecule has 1 spiro atoms. The van der Waals surface area contributed by atoms with Crippen LogP contribution < -0.4 is 5.32 Å². The molecule has 3 aliphatic carbocycles. The molecule has 2 saturated carbocycles. The Morgan fingerprint density at radius 2 is 1.94 bits per heavy atom. The van der Waals surface area contributed by atoms with Gasteiger partial charge in [0.2, 0.25) is 5.91 Å². The number of benzene rings is 1. The van der Waals surface area contributed by atoms with Gasteiger partial charge in [-0.3, -0.25) is 9.59 Å². The standard InChI is InChI=1S/C30H38BrNO4/c1-15-11-16(2)13-22(31)24-21(12-15)28(36-19(5)33)30-25(17(3)18(4)27(34)26(24)30)23(32-29(30)35)14-20-9-7-6-8-10-20/h6-10,12,16-17,21-28,34H,4,11,13-14H2,1-3,5H3,(H,32,35)/b15-12-/t16-,17-,21+,22-,23+,24-,25+,26+,27-,28-,30-/m1/s1. The van der Waals surface area contributed by atoms with Crippen LogP contribution >= 0.6 is 15.9 Å². The lowest BCUT2D eigenvalue weighted by Crippen LogP contribution is -2.58. The molecule has 2 N–H and O–H groups in total. The summed E-state index contributed by atoms with van der Waals surface area (Å²) in [7, 11) is 0. The predicted molar refractivity (Wildman–Crippen MR) is 143 cm³/mol. The van der Waals surface area contributed by atoms with Crippen LogP contribution in [0.25, 0.3) is 0 Å². The van der Waals surface area contributed by atoms with Gasteiger partial charge in [0.05, 0.1) is 11.5 Å². The summed E-state index contributed by atoms with van der Waals surface area (Å²) in [5.41, 5.74) is 2.17. The van der Waals surface area contributed by atoms with Gasteiger partial charge < -0.3 is 15.2 Å². The van der Waals surface area contributed by atoms with E-state index in [2.05, 4.69) is 66.8 Å². The zero-order valence-corrected chi connectivity index (χ0v) is 23.2. The number of hydrogen-bond acceptors (Lipinski definition) is 4. The highest BCUT2D eigenvalue weighted by Gasteiger charge is 2.77. The van der Waals surface area contributed by atoms with Crippen LogP contribution in [0.15, 0.2) is 54.1 Å². The average molecular weight is 557 g/mol. The zero-order chi connectivity index (χ0) is 25.9. The zero-order valence-electron chi connectivity index (χ0n) is 21.6. The Balaban J connectivity index is 1.70. The molecule has 194 valence electrons. The van der Waals surface area contributed by atoms with Crippen LogP contribution in [-0.2, 0) is 20.7 Å². The number of amides is 1. The van der Waals surface area contributed by atoms with Crippen molar-refractivity contribution in [3.05, 3.63) is 59.7 Å². The first-order valence-corrected chi connectivity index (χ1v) is 14.2. The maximum absolute atomic E-state index is 14.3. The maximum atomic E-state index is 14.3. The Labute approximate surface area is 222 Å². The fourth-order valence-electron chi connectivity index (χ4n) is 8.43. The molecule has 1 aromatic rings. The molecule has 0 aromatic heterocycles. The van der Waals surface area contributed by atoms with Crippen LogP contribution in [0.2, 0.25) is 0 Å². The van der Waals surface area contributed by atoms with Crippen LogP contribution in [0.1, 0.15) is 46.1 Å². The first-order valence-electron chi connectivity index (χ1n) is 13.3. The highest BCUT2D eigenvalue weighted by molar-refractivity contribution is 9.09. The molecule has 4 aliphatic rings. The van der Waals surface area contributed by atoms with E-state index in [0.717, 1.165) is 24.0 Å². The fourth-order valence-corrected chi connectivity index (χ4v) is 9.75. The second kappa shape index (κ2) is 9.43. The van der Waals surface area contributed by atoms with Crippen molar-refractivity contribution in [3.63, 3.8) is 0 Å². The molecule has 1 aliphatic heterocycles. The Hall–Kier alpha value is -1.92. The van der Waals surface area contributed by atoms with Gasteiger partial charge >= 0.3 is 5.97 Å². The molecule has 3 fully saturated rings. The molecular weight excluding hydrogens is 518 g/mol. The number of carbonyl (C=O) groups excluding carboxylic acids is 2. The van der Waals surface area contributed by atoms with Crippen molar-refractivity contribution in [2.24, 2.45) is 40.9 Å². The number of aliphatic hydroxyl groups is 1. The molecule has 1 heterocycles. The van der Waals surface area contributed by atoms with E-state index in [0.29, 0.717) is 12.3 Å². The molecule has 36 heavy (non-hydrogen) atoms. The van der Waals surface area contributed by atoms with Gasteiger partial charge in [0.1, 0.15) is 6.10 Å². The largest absolute Gasteiger partial charge is 0.461 e. The summed E-state index contributed by atoms with van der Waals surface area (Å²) in [4.78, 5) is 26.9. The molecule has 1 amide bonds. The van der Waals surface area contributed by atoms with Crippen molar-refractivity contribution in [2.75, 3.05) is 0 Å². The lowest BCUT2D eigenvalue weighted by Gasteiger charge is -2.50. The van der Waals surface area contributed by atoms with Crippen LogP contribution in [0.3, 0.4) is 0 Å². The van der Waals surface area contributed by atoms with Crippen molar-refractivity contribution >= 4 is 27.8 Å². The number of alkyl halides is 1. The third-order valence-electron chi connectivity index (χ3n) is 9.55. The van der Waals surface area contributed by atoms with E-state index < -0.39 is 17.6 Å². The van der Waals surface area contributed by atoms with Gasteiger partial charge in [-0.15, -0.1) is 0 Å². The van der Waals surface area contributed by atoms with Gasteiger partial charge in [-0.1, -0.05) is 78.3 Å². The molecule has 6 heteroatoms. The lowest BCUT2D eigenvalue weighted by atomic mass is 9.53. The Morgan fingerprint density at radius 1 is 1.25 bits per heavy atom. The molecule has 0 unspecified atom stereocenters. The van der Waals surface area contributed by atoms with Gasteiger partial charge in [-0.25, -0.2) is 0 Å². The number of ether oxygens (including phenoxy) is 1.